The number of hydrogen-bond donors (Lipinski definition) is 14. The third-order valence-electron chi connectivity index (χ3n) is 8.86. The Kier molecular flexibility index (Phi) is 19.1. The maximum absolute atomic E-state index is 13.0. The largest absolute Gasteiger partial charge is 0.477 e. The predicted molar refractivity (Wildman–Crippen MR) is 185 cm³/mol. The summed E-state index contributed by atoms with van der Waals surface area (Å²) in [5.74, 6) is -6.26. The van der Waals surface area contributed by atoms with Gasteiger partial charge >= 0.3 is 11.7 Å². The minimum absolute atomic E-state index is 0.523. The van der Waals surface area contributed by atoms with Gasteiger partial charge in [-0.2, -0.15) is 0 Å². The lowest BCUT2D eigenvalue weighted by Gasteiger charge is -2.39. The number of fused-ring (bicyclic) bond motifs is 1. The number of H-pyrrole nitrogens is 2. The normalized spacial score (nSPS) is 25.5. The van der Waals surface area contributed by atoms with E-state index in [-0.39, 0.29) is 0 Å². The van der Waals surface area contributed by atoms with Crippen LogP contribution in [0.15, 0.2) is 15.7 Å². The second-order valence-corrected chi connectivity index (χ2v) is 13.1. The Bertz CT molecular complexity index is 1550. The first-order valence-electron chi connectivity index (χ1n) is 17.9. The number of aliphatic carboxylic acids is 1. The molecule has 0 bridgehead atoms. The summed E-state index contributed by atoms with van der Waals surface area (Å²) in [6.45, 7) is -3.95. The molecule has 14 N–H and O–H groups in total. The number of aromatic amines is 2. The molecule has 0 aromatic carbocycles. The molecule has 58 heavy (non-hydrogen) atoms. The van der Waals surface area contributed by atoms with E-state index >= 15 is 0 Å². The summed E-state index contributed by atoms with van der Waals surface area (Å²) in [4.78, 5) is 64.7. The van der Waals surface area contributed by atoms with E-state index in [0.29, 0.717) is 0 Å². The lowest BCUT2D eigenvalue weighted by atomic mass is 10.0. The standard InChI is InChI=1S/C32H52N4O22/c1-3-32(30(49)50,58-18(7-33-13(2)41)22(46)15(42)9-38)53-12-17(44)28(52-5-4-37)57-24(16(43)10-39)19(8-34-27(48)14-6-21(45)36-31(51)35-14)54-29-23(47)26-25(56-26)20(11-40)55-29/h6,15-20,22-26,28-29,37-40,42-44,46-47H,3-5,7-12H2,1-2H3,(H,33,41)(H,34,48)(H,49,50)(H2,35,36,45,51)/t15-,16?,17?,18?,19-,20?,22-,23+,24-,25-,26?,28+,29-,32-/m1/s1. The zero-order valence-electron chi connectivity index (χ0n) is 31.3. The smallest absolute Gasteiger partial charge is 0.364 e. The summed E-state index contributed by atoms with van der Waals surface area (Å²) in [5, 5.41) is 107. The Labute approximate surface area is 328 Å². The number of ether oxygens (including phenoxy) is 7. The third kappa shape index (κ3) is 13.2. The highest BCUT2D eigenvalue weighted by molar-refractivity contribution is 5.92. The van der Waals surface area contributed by atoms with Crippen molar-refractivity contribution >= 4 is 17.8 Å². The minimum atomic E-state index is -2.73. The summed E-state index contributed by atoms with van der Waals surface area (Å²) < 4.78 is 39.2. The fraction of sp³-hybridized carbons (Fsp3) is 0.781. The number of carboxylic acids is 1. The average Bonchev–Trinajstić information content (AvgIpc) is 4.00. The topological polar surface area (TPSA) is 411 Å². The molecule has 0 radical (unpaired) electrons. The van der Waals surface area contributed by atoms with Crippen molar-refractivity contribution in [3.63, 3.8) is 0 Å². The molecule has 26 heteroatoms. The third-order valence-corrected chi connectivity index (χ3v) is 8.86. The summed E-state index contributed by atoms with van der Waals surface area (Å²) in [7, 11) is 0. The maximum atomic E-state index is 13.0. The molecule has 0 aliphatic carbocycles. The molecular formula is C32H52N4O22. The van der Waals surface area contributed by atoms with Crippen molar-refractivity contribution < 1.29 is 98.6 Å². The van der Waals surface area contributed by atoms with Crippen molar-refractivity contribution in [3.05, 3.63) is 32.6 Å². The molecule has 2 aliphatic rings. The van der Waals surface area contributed by atoms with Gasteiger partial charge in [-0.05, 0) is 0 Å². The number of carbonyl (C=O) groups is 3. The highest BCUT2D eigenvalue weighted by Gasteiger charge is 2.58. The molecule has 26 nitrogen and oxygen atoms in total. The van der Waals surface area contributed by atoms with Crippen LogP contribution in [0, 0.1) is 0 Å². The number of rotatable bonds is 27. The van der Waals surface area contributed by atoms with Gasteiger partial charge < -0.3 is 99.8 Å². The van der Waals surface area contributed by atoms with Crippen molar-refractivity contribution in [2.45, 2.75) is 106 Å². The number of carbonyl (C=O) groups excluding carboxylic acids is 2. The van der Waals surface area contributed by atoms with Crippen molar-refractivity contribution in [3.8, 4) is 0 Å². The van der Waals surface area contributed by atoms with E-state index in [4.69, 9.17) is 33.2 Å². The molecule has 3 heterocycles. The summed E-state index contributed by atoms with van der Waals surface area (Å²) in [6, 6.07) is 0.747. The van der Waals surface area contributed by atoms with Crippen LogP contribution in [0.25, 0.3) is 0 Å². The van der Waals surface area contributed by atoms with E-state index in [1.165, 1.54) is 6.92 Å². The Morgan fingerprint density at radius 1 is 0.931 bits per heavy atom. The fourth-order valence-corrected chi connectivity index (χ4v) is 5.70. The predicted octanol–water partition coefficient (Wildman–Crippen LogP) is -8.10. The first kappa shape index (κ1) is 48.8. The molecule has 0 spiro atoms. The lowest BCUT2D eigenvalue weighted by molar-refractivity contribution is -0.310. The molecule has 5 unspecified atom stereocenters. The molecule has 2 saturated heterocycles. The molecule has 1 aromatic rings. The van der Waals surface area contributed by atoms with Gasteiger partial charge in [0.05, 0.1) is 39.6 Å². The van der Waals surface area contributed by atoms with E-state index in [2.05, 4.69) is 15.6 Å². The van der Waals surface area contributed by atoms with E-state index < -0.39 is 179 Å². The minimum Gasteiger partial charge on any atom is -0.477 e. The van der Waals surface area contributed by atoms with Crippen LogP contribution < -0.4 is 21.9 Å². The molecule has 2 fully saturated rings. The number of aliphatic hydroxyl groups is 9. The number of amides is 2. The Morgan fingerprint density at radius 3 is 2.17 bits per heavy atom. The SMILES string of the molecule is CC[C@@](OCC(O)[C@@H](OCCO)O[C@H](C(O)CO)[C@@H](CNC(=O)c1cc(=O)[nH]c(=O)[nH]1)O[C@@H]1OC(CO)[C@H]2OC2[C@@H]1O)(OC(CNC(C)=O)[C@H](O)[C@H](O)CO)C(=O)O. The quantitative estimate of drug-likeness (QED) is 0.0289. The number of nitrogens with one attached hydrogen (secondary N) is 4. The van der Waals surface area contributed by atoms with Gasteiger partial charge in [0, 0.05) is 32.5 Å². The lowest BCUT2D eigenvalue weighted by Crippen LogP contribution is -2.57. The second-order valence-electron chi connectivity index (χ2n) is 13.1. The Morgan fingerprint density at radius 2 is 1.60 bits per heavy atom. The second kappa shape index (κ2) is 22.7. The van der Waals surface area contributed by atoms with E-state index in [0.717, 1.165) is 13.0 Å². The highest BCUT2D eigenvalue weighted by Crippen LogP contribution is 2.38. The number of aliphatic hydroxyl groups excluding tert-OH is 9. The zero-order valence-corrected chi connectivity index (χ0v) is 31.3. The number of carboxylic acid groups (broad SMARTS) is 1. The summed E-state index contributed by atoms with van der Waals surface area (Å²) >= 11 is 0. The molecule has 332 valence electrons. The molecule has 1 aromatic heterocycles. The maximum Gasteiger partial charge on any atom is 0.364 e. The van der Waals surface area contributed by atoms with Gasteiger partial charge in [-0.15, -0.1) is 0 Å². The van der Waals surface area contributed by atoms with Gasteiger partial charge in [-0.25, -0.2) is 9.59 Å². The van der Waals surface area contributed by atoms with E-state index in [1.54, 1.807) is 0 Å². The number of aromatic nitrogens is 2. The number of epoxide rings is 1. The van der Waals surface area contributed by atoms with E-state index in [9.17, 15) is 75.0 Å². The highest BCUT2D eigenvalue weighted by atomic mass is 16.8. The molecule has 3 rings (SSSR count). The van der Waals surface area contributed by atoms with Crippen LogP contribution >= 0.6 is 0 Å². The summed E-state index contributed by atoms with van der Waals surface area (Å²) in [6.07, 6.45) is -21.6. The number of hydrogen-bond acceptors (Lipinski definition) is 21. The fourth-order valence-electron chi connectivity index (χ4n) is 5.70. The molecular weight excluding hydrogens is 792 g/mol. The monoisotopic (exact) mass is 844 g/mol. The molecule has 14 atom stereocenters. The van der Waals surface area contributed by atoms with Gasteiger partial charge in [-0.3, -0.25) is 19.4 Å². The van der Waals surface area contributed by atoms with Crippen LogP contribution in [0.2, 0.25) is 0 Å². The van der Waals surface area contributed by atoms with Crippen LogP contribution in [-0.4, -0.2) is 217 Å². The van der Waals surface area contributed by atoms with Gasteiger partial charge in [0.2, 0.25) is 5.91 Å². The zero-order chi connectivity index (χ0) is 43.3. The van der Waals surface area contributed by atoms with Crippen molar-refractivity contribution in [2.24, 2.45) is 0 Å². The van der Waals surface area contributed by atoms with Gasteiger partial charge in [0.1, 0.15) is 72.8 Å². The molecule has 0 saturated carbocycles. The van der Waals surface area contributed by atoms with Crippen LogP contribution in [0.4, 0.5) is 0 Å². The van der Waals surface area contributed by atoms with Crippen LogP contribution in [0.5, 0.6) is 0 Å². The Hall–Kier alpha value is -3.55. The van der Waals surface area contributed by atoms with Gasteiger partial charge in [-0.1, -0.05) is 6.92 Å². The van der Waals surface area contributed by atoms with Crippen LogP contribution in [0.3, 0.4) is 0 Å². The Balaban J connectivity index is 1.94. The molecule has 2 aliphatic heterocycles. The summed E-state index contributed by atoms with van der Waals surface area (Å²) in [5.41, 5.74) is -2.49. The first-order chi connectivity index (χ1) is 27.4. The van der Waals surface area contributed by atoms with Crippen molar-refractivity contribution in [2.75, 3.05) is 52.7 Å². The van der Waals surface area contributed by atoms with E-state index in [1.807, 2.05) is 4.98 Å². The van der Waals surface area contributed by atoms with Crippen LogP contribution in [0.1, 0.15) is 30.8 Å². The van der Waals surface area contributed by atoms with Gasteiger partial charge in [0.15, 0.2) is 12.6 Å². The van der Waals surface area contributed by atoms with Crippen LogP contribution in [-0.2, 0) is 42.7 Å². The first-order valence-corrected chi connectivity index (χ1v) is 17.9. The molecule has 2 amide bonds. The van der Waals surface area contributed by atoms with Gasteiger partial charge in [0.25, 0.3) is 17.3 Å². The average molecular weight is 845 g/mol. The van der Waals surface area contributed by atoms with Crippen molar-refractivity contribution in [1.82, 2.24) is 20.6 Å². The van der Waals surface area contributed by atoms with Crippen molar-refractivity contribution in [1.29, 1.82) is 0 Å².